The van der Waals surface area contributed by atoms with Crippen molar-refractivity contribution in [3.05, 3.63) is 0 Å². The molecule has 0 aromatic heterocycles. The molecule has 0 aromatic rings. The Kier molecular flexibility index (Phi) is 37.8. The Hall–Kier alpha value is -1.42. The van der Waals surface area contributed by atoms with Crippen molar-refractivity contribution in [3.8, 4) is 0 Å². The monoisotopic (exact) mass is 985 g/mol. The fourth-order valence-electron chi connectivity index (χ4n) is 10.1. The van der Waals surface area contributed by atoms with Gasteiger partial charge in [-0.05, 0) is 25.7 Å². The smallest absolute Gasteiger partial charge is 0.223 e. The van der Waals surface area contributed by atoms with E-state index in [0.717, 1.165) is 103 Å². The normalized spacial score (nSPS) is 25.2. The average Bonchev–Trinajstić information content (AvgIpc) is 3.35. The highest BCUT2D eigenvalue weighted by molar-refractivity contribution is 5.79. The third-order valence-corrected chi connectivity index (χ3v) is 14.9. The first-order valence-electron chi connectivity index (χ1n) is 29.1. The topological polar surface area (TPSA) is 207 Å². The standard InChI is InChI=1S/C56H108N2O11/c1-5-9-13-17-21-25-29-33-37-43(38-34-30-26-22-18-14-10-6-2)53(65)57-41-45-47(59)49(61)51(63)55(67-45)69-56-52(64)50(62)48(60)46(68-56)42-58-54(66)44(39-35-31-27-23-19-15-11-7-3)40-36-32-28-24-20-16-12-8-4/h43-52,55-56,59-64H,5-42H2,1-4H3,(H,57,65)(H,58,66)/t45?,46?,47-,48-,49+,50+,51?,52?,55-,56-/m1/s1. The number of aliphatic hydroxyl groups is 6. The molecule has 0 aliphatic carbocycles. The van der Waals surface area contributed by atoms with Gasteiger partial charge in [0.1, 0.15) is 48.8 Å². The third kappa shape index (κ3) is 27.4. The van der Waals surface area contributed by atoms with Crippen LogP contribution in [0.25, 0.3) is 0 Å². The van der Waals surface area contributed by atoms with E-state index in [0.29, 0.717) is 0 Å². The van der Waals surface area contributed by atoms with E-state index >= 15 is 0 Å². The molecule has 13 heteroatoms. The fraction of sp³-hybridized carbons (Fsp3) is 0.964. The zero-order valence-electron chi connectivity index (χ0n) is 44.5. The highest BCUT2D eigenvalue weighted by Crippen LogP contribution is 2.29. The van der Waals surface area contributed by atoms with Gasteiger partial charge in [-0.25, -0.2) is 0 Å². The number of amides is 2. The third-order valence-electron chi connectivity index (χ3n) is 14.9. The molecule has 2 fully saturated rings. The zero-order chi connectivity index (χ0) is 50.5. The van der Waals surface area contributed by atoms with E-state index in [1.165, 1.54) is 128 Å². The maximum Gasteiger partial charge on any atom is 0.223 e. The van der Waals surface area contributed by atoms with Gasteiger partial charge in [0.25, 0.3) is 0 Å². The van der Waals surface area contributed by atoms with E-state index in [9.17, 15) is 40.2 Å². The summed E-state index contributed by atoms with van der Waals surface area (Å²) in [4.78, 5) is 27.4. The minimum Gasteiger partial charge on any atom is -0.388 e. The molecular formula is C56H108N2O11. The molecule has 8 N–H and O–H groups in total. The summed E-state index contributed by atoms with van der Waals surface area (Å²) in [6, 6.07) is 0. The molecular weight excluding hydrogens is 877 g/mol. The van der Waals surface area contributed by atoms with Gasteiger partial charge in [0.05, 0.1) is 0 Å². The summed E-state index contributed by atoms with van der Waals surface area (Å²) in [5, 5.41) is 71.7. The van der Waals surface area contributed by atoms with Crippen molar-refractivity contribution in [1.29, 1.82) is 0 Å². The minimum absolute atomic E-state index is 0.138. The Balaban J connectivity index is 2.01. The SMILES string of the molecule is CCCCCCCCCCC(CCCCCCCCCC)C(=O)NCC1O[C@H](O[C@H]2OC(CNC(=O)C(CCCCCCCCCC)CCCCCCCCCC)[C@@H](O)[C@H](O)C2O)C(O)[C@@H](O)[C@@H]1O. The Morgan fingerprint density at radius 1 is 0.362 bits per heavy atom. The molecule has 0 saturated carbocycles. The lowest BCUT2D eigenvalue weighted by atomic mass is 9.92. The van der Waals surface area contributed by atoms with Gasteiger partial charge < -0.3 is 55.5 Å². The van der Waals surface area contributed by atoms with Crippen LogP contribution in [0.1, 0.15) is 259 Å². The summed E-state index contributed by atoms with van der Waals surface area (Å²) in [6.45, 7) is 8.57. The number of hydrogen-bond acceptors (Lipinski definition) is 11. The molecule has 0 radical (unpaired) electrons. The van der Waals surface area contributed by atoms with Gasteiger partial charge in [-0.1, -0.05) is 233 Å². The van der Waals surface area contributed by atoms with Crippen molar-refractivity contribution in [2.24, 2.45) is 11.8 Å². The maximum atomic E-state index is 13.7. The molecule has 4 unspecified atom stereocenters. The predicted molar refractivity (Wildman–Crippen MR) is 276 cm³/mol. The Labute approximate surface area is 420 Å². The first-order valence-corrected chi connectivity index (χ1v) is 29.1. The second kappa shape index (κ2) is 41.0. The molecule has 10 atom stereocenters. The van der Waals surface area contributed by atoms with Crippen molar-refractivity contribution in [2.45, 2.75) is 320 Å². The number of carbonyl (C=O) groups excluding carboxylic acids is 2. The minimum atomic E-state index is -1.77. The summed E-state index contributed by atoms with van der Waals surface area (Å²) in [5.41, 5.74) is 0. The second-order valence-electron chi connectivity index (χ2n) is 21.1. The van der Waals surface area contributed by atoms with Gasteiger partial charge in [0.15, 0.2) is 12.6 Å². The fourth-order valence-corrected chi connectivity index (χ4v) is 10.1. The summed E-state index contributed by atoms with van der Waals surface area (Å²) < 4.78 is 17.8. The highest BCUT2D eigenvalue weighted by Gasteiger charge is 2.50. The van der Waals surface area contributed by atoms with Crippen molar-refractivity contribution in [1.82, 2.24) is 10.6 Å². The molecule has 2 heterocycles. The number of unbranched alkanes of at least 4 members (excludes halogenated alkanes) is 28. The number of aliphatic hydroxyl groups excluding tert-OH is 6. The van der Waals surface area contributed by atoms with Crippen molar-refractivity contribution in [3.63, 3.8) is 0 Å². The first kappa shape index (κ1) is 63.7. The molecule has 2 saturated heterocycles. The number of nitrogens with one attached hydrogen (secondary N) is 2. The van der Waals surface area contributed by atoms with Crippen molar-refractivity contribution in [2.75, 3.05) is 13.1 Å². The highest BCUT2D eigenvalue weighted by atomic mass is 16.8. The lowest BCUT2D eigenvalue weighted by molar-refractivity contribution is -0.372. The molecule has 0 aromatic carbocycles. The first-order chi connectivity index (χ1) is 33.5. The molecule has 69 heavy (non-hydrogen) atoms. The van der Waals surface area contributed by atoms with E-state index in [-0.39, 0.29) is 36.7 Å². The van der Waals surface area contributed by atoms with Crippen LogP contribution in [0.15, 0.2) is 0 Å². The molecule has 2 rings (SSSR count). The number of ether oxygens (including phenoxy) is 3. The van der Waals surface area contributed by atoms with Gasteiger partial charge in [0, 0.05) is 24.9 Å². The molecule has 2 aliphatic heterocycles. The summed E-state index contributed by atoms with van der Waals surface area (Å²) in [5.74, 6) is -0.675. The van der Waals surface area contributed by atoms with E-state index in [4.69, 9.17) is 14.2 Å². The Morgan fingerprint density at radius 2 is 0.594 bits per heavy atom. The van der Waals surface area contributed by atoms with Crippen molar-refractivity contribution < 1.29 is 54.4 Å². The predicted octanol–water partition coefficient (Wildman–Crippen LogP) is 10.2. The quantitative estimate of drug-likeness (QED) is 0.0270. The van der Waals surface area contributed by atoms with Crippen LogP contribution in [-0.2, 0) is 23.8 Å². The van der Waals surface area contributed by atoms with Crippen LogP contribution in [0.5, 0.6) is 0 Å². The molecule has 0 spiro atoms. The van der Waals surface area contributed by atoms with Crippen LogP contribution in [0.3, 0.4) is 0 Å². The molecule has 0 bridgehead atoms. The second-order valence-corrected chi connectivity index (χ2v) is 21.1. The maximum absolute atomic E-state index is 13.7. The van der Waals surface area contributed by atoms with Gasteiger partial charge in [-0.3, -0.25) is 9.59 Å². The number of rotatable bonds is 44. The number of carbonyl (C=O) groups is 2. The van der Waals surface area contributed by atoms with Gasteiger partial charge in [-0.15, -0.1) is 0 Å². The average molecular weight is 985 g/mol. The van der Waals surface area contributed by atoms with E-state index in [2.05, 4.69) is 38.3 Å². The van der Waals surface area contributed by atoms with Crippen molar-refractivity contribution >= 4 is 11.8 Å². The van der Waals surface area contributed by atoms with Gasteiger partial charge in [0.2, 0.25) is 11.8 Å². The van der Waals surface area contributed by atoms with E-state index in [1.807, 2.05) is 0 Å². The number of hydrogen-bond donors (Lipinski definition) is 8. The van der Waals surface area contributed by atoms with E-state index < -0.39 is 61.4 Å². The summed E-state index contributed by atoms with van der Waals surface area (Å²) in [7, 11) is 0. The molecule has 13 nitrogen and oxygen atoms in total. The van der Waals surface area contributed by atoms with E-state index in [1.54, 1.807) is 0 Å². The lowest BCUT2D eigenvalue weighted by Gasteiger charge is -2.45. The molecule has 2 amide bonds. The van der Waals surface area contributed by atoms with Gasteiger partial charge >= 0.3 is 0 Å². The Bertz CT molecular complexity index is 1100. The lowest BCUT2D eigenvalue weighted by Crippen LogP contribution is -2.65. The van der Waals surface area contributed by atoms with Crippen LogP contribution in [0.2, 0.25) is 0 Å². The van der Waals surface area contributed by atoms with Crippen LogP contribution < -0.4 is 10.6 Å². The Morgan fingerprint density at radius 3 is 0.841 bits per heavy atom. The summed E-state index contributed by atoms with van der Waals surface area (Å²) in [6.07, 6.45) is 25.0. The zero-order valence-corrected chi connectivity index (χ0v) is 44.5. The molecule has 2 aliphatic rings. The van der Waals surface area contributed by atoms with Crippen LogP contribution in [0, 0.1) is 11.8 Å². The molecule has 408 valence electrons. The van der Waals surface area contributed by atoms with Crippen LogP contribution >= 0.6 is 0 Å². The van der Waals surface area contributed by atoms with Gasteiger partial charge in [-0.2, -0.15) is 0 Å². The summed E-state index contributed by atoms with van der Waals surface area (Å²) >= 11 is 0. The van der Waals surface area contributed by atoms with Crippen LogP contribution in [0.4, 0.5) is 0 Å². The van der Waals surface area contributed by atoms with Crippen LogP contribution in [-0.4, -0.2) is 117 Å². The largest absolute Gasteiger partial charge is 0.388 e.